The molecule has 0 N–H and O–H groups in total. The molecular weight excluding hydrogens is 184 g/mol. The maximum atomic E-state index is 11.2. The van der Waals surface area contributed by atoms with Gasteiger partial charge in [-0.05, 0) is 20.8 Å². The van der Waals surface area contributed by atoms with Crippen molar-refractivity contribution in [2.75, 3.05) is 13.2 Å². The Kier molecular flexibility index (Phi) is 6.45. The fraction of sp³-hybridized carbons (Fsp3) is 0.600. The Bertz CT molecular complexity index is 230. The van der Waals surface area contributed by atoms with Crippen molar-refractivity contribution in [1.29, 1.82) is 0 Å². The molecule has 0 heterocycles. The number of hydrogen-bond donors (Lipinski definition) is 0. The van der Waals surface area contributed by atoms with Crippen LogP contribution in [-0.2, 0) is 19.1 Å². The van der Waals surface area contributed by atoms with Crippen molar-refractivity contribution in [1.82, 2.24) is 0 Å². The molecule has 0 aromatic rings. The fourth-order valence-corrected chi connectivity index (χ4v) is 0.883. The van der Waals surface area contributed by atoms with Crippen molar-refractivity contribution in [3.63, 3.8) is 0 Å². The largest absolute Gasteiger partial charge is 0.466 e. The number of allylic oxidation sites excluding steroid dienone is 1. The molecule has 0 bridgehead atoms. The van der Waals surface area contributed by atoms with Crippen molar-refractivity contribution < 1.29 is 19.1 Å². The third-order valence-corrected chi connectivity index (χ3v) is 1.53. The van der Waals surface area contributed by atoms with Crippen molar-refractivity contribution in [3.05, 3.63) is 11.6 Å². The molecule has 0 saturated carbocycles. The van der Waals surface area contributed by atoms with Gasteiger partial charge in [0.2, 0.25) is 0 Å². The zero-order valence-electron chi connectivity index (χ0n) is 8.83. The highest BCUT2D eigenvalue weighted by molar-refractivity contribution is 5.93. The highest BCUT2D eigenvalue weighted by Crippen LogP contribution is 2.05. The molecular formula is C10H16O4. The van der Waals surface area contributed by atoms with Crippen LogP contribution in [0.15, 0.2) is 11.6 Å². The molecule has 0 amide bonds. The van der Waals surface area contributed by atoms with Crippen LogP contribution in [-0.4, -0.2) is 25.2 Å². The monoisotopic (exact) mass is 200 g/mol. The summed E-state index contributed by atoms with van der Waals surface area (Å²) in [5, 5.41) is 0. The van der Waals surface area contributed by atoms with Crippen molar-refractivity contribution >= 4 is 11.9 Å². The number of carbonyl (C=O) groups excluding carboxylic acids is 2. The normalized spacial score (nSPS) is 10.9. The quantitative estimate of drug-likeness (QED) is 0.498. The Hall–Kier alpha value is -1.32. The summed E-state index contributed by atoms with van der Waals surface area (Å²) in [5.41, 5.74) is 0.338. The first-order chi connectivity index (χ1) is 6.65. The van der Waals surface area contributed by atoms with Crippen LogP contribution in [0, 0.1) is 0 Å². The molecule has 80 valence electrons. The predicted octanol–water partition coefficient (Wildman–Crippen LogP) is 1.45. The van der Waals surface area contributed by atoms with Gasteiger partial charge in [0.15, 0.2) is 0 Å². The molecule has 0 aromatic carbocycles. The van der Waals surface area contributed by atoms with Gasteiger partial charge in [0, 0.05) is 5.57 Å². The fourth-order valence-electron chi connectivity index (χ4n) is 0.883. The second-order valence-corrected chi connectivity index (χ2v) is 2.52. The average Bonchev–Trinajstić information content (AvgIpc) is 2.15. The topological polar surface area (TPSA) is 52.6 Å². The lowest BCUT2D eigenvalue weighted by molar-refractivity contribution is -0.145. The molecule has 0 saturated heterocycles. The lowest BCUT2D eigenvalue weighted by Crippen LogP contribution is -2.13. The first-order valence-electron chi connectivity index (χ1n) is 4.63. The summed E-state index contributed by atoms with van der Waals surface area (Å²) < 4.78 is 9.47. The SMILES string of the molecule is C/C=C(\CC(=O)OCC)C(=O)OCC. The van der Waals surface area contributed by atoms with E-state index in [0.717, 1.165) is 0 Å². The molecule has 0 fully saturated rings. The van der Waals surface area contributed by atoms with E-state index in [1.807, 2.05) is 0 Å². The Morgan fingerprint density at radius 2 is 1.71 bits per heavy atom. The van der Waals surface area contributed by atoms with Gasteiger partial charge in [-0.25, -0.2) is 4.79 Å². The maximum Gasteiger partial charge on any atom is 0.334 e. The van der Waals surface area contributed by atoms with E-state index in [1.54, 1.807) is 26.8 Å². The molecule has 0 atom stereocenters. The Balaban J connectivity index is 4.17. The van der Waals surface area contributed by atoms with E-state index >= 15 is 0 Å². The first kappa shape index (κ1) is 12.7. The standard InChI is InChI=1S/C10H16O4/c1-4-8(10(12)14-6-3)7-9(11)13-5-2/h4H,5-7H2,1-3H3/b8-4+. The summed E-state index contributed by atoms with van der Waals surface area (Å²) in [7, 11) is 0. The molecule has 4 nitrogen and oxygen atoms in total. The number of rotatable bonds is 5. The van der Waals surface area contributed by atoms with Crippen LogP contribution in [0.3, 0.4) is 0 Å². The van der Waals surface area contributed by atoms with Crippen molar-refractivity contribution in [2.45, 2.75) is 27.2 Å². The summed E-state index contributed by atoms with van der Waals surface area (Å²) in [4.78, 5) is 22.3. The molecule has 0 aliphatic rings. The maximum absolute atomic E-state index is 11.2. The minimum atomic E-state index is -0.456. The van der Waals surface area contributed by atoms with E-state index in [1.165, 1.54) is 0 Å². The van der Waals surface area contributed by atoms with Crippen LogP contribution in [0.4, 0.5) is 0 Å². The van der Waals surface area contributed by atoms with E-state index in [9.17, 15) is 9.59 Å². The first-order valence-corrected chi connectivity index (χ1v) is 4.63. The number of ether oxygens (including phenoxy) is 2. The molecule has 14 heavy (non-hydrogen) atoms. The second-order valence-electron chi connectivity index (χ2n) is 2.52. The van der Waals surface area contributed by atoms with E-state index in [0.29, 0.717) is 18.8 Å². The van der Waals surface area contributed by atoms with Crippen molar-refractivity contribution in [2.24, 2.45) is 0 Å². The van der Waals surface area contributed by atoms with Crippen LogP contribution < -0.4 is 0 Å². The summed E-state index contributed by atoms with van der Waals surface area (Å²) in [6, 6.07) is 0. The van der Waals surface area contributed by atoms with Gasteiger partial charge in [0.25, 0.3) is 0 Å². The highest BCUT2D eigenvalue weighted by atomic mass is 16.5. The Morgan fingerprint density at radius 3 is 2.14 bits per heavy atom. The smallest absolute Gasteiger partial charge is 0.334 e. The molecule has 0 aliphatic carbocycles. The van der Waals surface area contributed by atoms with E-state index in [2.05, 4.69) is 0 Å². The van der Waals surface area contributed by atoms with Crippen LogP contribution in [0.5, 0.6) is 0 Å². The minimum Gasteiger partial charge on any atom is -0.466 e. The van der Waals surface area contributed by atoms with Gasteiger partial charge in [0.1, 0.15) is 0 Å². The average molecular weight is 200 g/mol. The highest BCUT2D eigenvalue weighted by Gasteiger charge is 2.14. The summed E-state index contributed by atoms with van der Waals surface area (Å²) in [6.07, 6.45) is 1.54. The molecule has 0 spiro atoms. The van der Waals surface area contributed by atoms with Gasteiger partial charge < -0.3 is 9.47 Å². The summed E-state index contributed by atoms with van der Waals surface area (Å²) in [6.45, 7) is 5.75. The summed E-state index contributed by atoms with van der Waals surface area (Å²) in [5.74, 6) is -0.864. The van der Waals surface area contributed by atoms with Gasteiger partial charge in [-0.15, -0.1) is 0 Å². The molecule has 0 rings (SSSR count). The number of carbonyl (C=O) groups is 2. The zero-order chi connectivity index (χ0) is 11.0. The van der Waals surface area contributed by atoms with Gasteiger partial charge in [-0.2, -0.15) is 0 Å². The van der Waals surface area contributed by atoms with Crippen molar-refractivity contribution in [3.8, 4) is 0 Å². The third kappa shape index (κ3) is 4.64. The van der Waals surface area contributed by atoms with Gasteiger partial charge in [-0.3, -0.25) is 4.79 Å². The molecule has 0 radical (unpaired) electrons. The number of hydrogen-bond acceptors (Lipinski definition) is 4. The van der Waals surface area contributed by atoms with E-state index in [4.69, 9.17) is 9.47 Å². The number of esters is 2. The molecule has 4 heteroatoms. The lowest BCUT2D eigenvalue weighted by atomic mass is 10.2. The molecule has 0 aliphatic heterocycles. The lowest BCUT2D eigenvalue weighted by Gasteiger charge is -2.05. The van der Waals surface area contributed by atoms with Crippen LogP contribution in [0.2, 0.25) is 0 Å². The molecule has 0 aromatic heterocycles. The van der Waals surface area contributed by atoms with Gasteiger partial charge in [-0.1, -0.05) is 6.08 Å². The summed E-state index contributed by atoms with van der Waals surface area (Å²) >= 11 is 0. The van der Waals surface area contributed by atoms with E-state index in [-0.39, 0.29) is 6.42 Å². The molecule has 0 unspecified atom stereocenters. The predicted molar refractivity (Wildman–Crippen MR) is 51.6 cm³/mol. The van der Waals surface area contributed by atoms with Crippen LogP contribution in [0.25, 0.3) is 0 Å². The zero-order valence-corrected chi connectivity index (χ0v) is 8.83. The second kappa shape index (κ2) is 7.12. The Labute approximate surface area is 83.9 Å². The van der Waals surface area contributed by atoms with Gasteiger partial charge in [0.05, 0.1) is 19.6 Å². The van der Waals surface area contributed by atoms with Crippen LogP contribution >= 0.6 is 0 Å². The minimum absolute atomic E-state index is 0.0246. The van der Waals surface area contributed by atoms with Crippen LogP contribution in [0.1, 0.15) is 27.2 Å². The Morgan fingerprint density at radius 1 is 1.14 bits per heavy atom. The third-order valence-electron chi connectivity index (χ3n) is 1.53. The van der Waals surface area contributed by atoms with E-state index < -0.39 is 11.9 Å². The van der Waals surface area contributed by atoms with Gasteiger partial charge >= 0.3 is 11.9 Å².